The van der Waals surface area contributed by atoms with E-state index in [9.17, 15) is 18.3 Å². The molecule has 1 unspecified atom stereocenters. The van der Waals surface area contributed by atoms with Crippen LogP contribution in [0.3, 0.4) is 0 Å². The second-order valence-corrected chi connectivity index (χ2v) is 4.50. The fraction of sp³-hybridized carbons (Fsp3) is 0.500. The summed E-state index contributed by atoms with van der Waals surface area (Å²) in [6, 6.07) is 1.86. The quantitative estimate of drug-likeness (QED) is 0.804. The number of benzene rings is 1. The Bertz CT molecular complexity index is 410. The molecule has 1 aliphatic heterocycles. The first-order valence-corrected chi connectivity index (χ1v) is 5.64. The molecular formula is C12H14F3NO2. The Morgan fingerprint density at radius 3 is 2.50 bits per heavy atom. The average Bonchev–Trinajstić information content (AvgIpc) is 2.73. The number of nitrogens with one attached hydrogen (secondary N) is 1. The number of hydrogen-bond acceptors (Lipinski definition) is 3. The van der Waals surface area contributed by atoms with Crippen LogP contribution in [0.2, 0.25) is 0 Å². The van der Waals surface area contributed by atoms with Gasteiger partial charge in [-0.1, -0.05) is 0 Å². The monoisotopic (exact) mass is 261 g/mol. The highest BCUT2D eigenvalue weighted by atomic mass is 19.2. The van der Waals surface area contributed by atoms with E-state index in [2.05, 4.69) is 5.32 Å². The molecule has 1 aromatic carbocycles. The molecular weight excluding hydrogens is 247 g/mol. The first-order valence-electron chi connectivity index (χ1n) is 5.64. The average molecular weight is 261 g/mol. The van der Waals surface area contributed by atoms with Crippen molar-refractivity contribution < 1.29 is 23.0 Å². The van der Waals surface area contributed by atoms with Crippen LogP contribution in [-0.4, -0.2) is 30.5 Å². The molecule has 0 bridgehead atoms. The smallest absolute Gasteiger partial charge is 0.194 e. The van der Waals surface area contributed by atoms with E-state index in [1.165, 1.54) is 0 Å². The summed E-state index contributed by atoms with van der Waals surface area (Å²) in [5.74, 6) is -3.90. The maximum Gasteiger partial charge on any atom is 0.194 e. The molecule has 0 spiro atoms. The van der Waals surface area contributed by atoms with E-state index in [1.54, 1.807) is 0 Å². The molecule has 0 saturated carbocycles. The third-order valence-corrected chi connectivity index (χ3v) is 2.91. The molecule has 1 atom stereocenters. The van der Waals surface area contributed by atoms with E-state index in [0.717, 1.165) is 12.1 Å². The van der Waals surface area contributed by atoms with Crippen LogP contribution in [0.1, 0.15) is 12.0 Å². The lowest BCUT2D eigenvalue weighted by Crippen LogP contribution is -2.40. The Morgan fingerprint density at radius 1 is 1.28 bits per heavy atom. The SMILES string of the molecule is OC1(CNCc2cc(F)c(F)c(F)c2)CCOC1. The molecule has 1 saturated heterocycles. The van der Waals surface area contributed by atoms with Crippen molar-refractivity contribution in [3.8, 4) is 0 Å². The van der Waals surface area contributed by atoms with Crippen LogP contribution in [0.5, 0.6) is 0 Å². The molecule has 100 valence electrons. The van der Waals surface area contributed by atoms with Gasteiger partial charge in [-0.05, 0) is 17.7 Å². The second-order valence-electron chi connectivity index (χ2n) is 4.50. The Morgan fingerprint density at radius 2 is 1.94 bits per heavy atom. The van der Waals surface area contributed by atoms with E-state index in [0.29, 0.717) is 13.0 Å². The molecule has 0 radical (unpaired) electrons. The Hall–Kier alpha value is -1.11. The van der Waals surface area contributed by atoms with Gasteiger partial charge in [0, 0.05) is 26.1 Å². The predicted octanol–water partition coefficient (Wildman–Crippen LogP) is 1.34. The third kappa shape index (κ3) is 3.01. The van der Waals surface area contributed by atoms with Gasteiger partial charge < -0.3 is 15.2 Å². The number of halogens is 3. The minimum absolute atomic E-state index is 0.149. The summed E-state index contributed by atoms with van der Waals surface area (Å²) in [6.45, 7) is 1.15. The van der Waals surface area contributed by atoms with Crippen molar-refractivity contribution in [1.29, 1.82) is 0 Å². The minimum atomic E-state index is -1.47. The van der Waals surface area contributed by atoms with Crippen molar-refractivity contribution in [2.24, 2.45) is 0 Å². The van der Waals surface area contributed by atoms with Crippen LogP contribution >= 0.6 is 0 Å². The maximum atomic E-state index is 12.9. The molecule has 1 fully saturated rings. The fourth-order valence-corrected chi connectivity index (χ4v) is 1.89. The molecule has 0 aliphatic carbocycles. The normalized spacial score (nSPS) is 23.6. The lowest BCUT2D eigenvalue weighted by atomic mass is 10.0. The van der Waals surface area contributed by atoms with Crippen molar-refractivity contribution in [3.05, 3.63) is 35.1 Å². The Kier molecular flexibility index (Phi) is 3.89. The van der Waals surface area contributed by atoms with Crippen molar-refractivity contribution in [3.63, 3.8) is 0 Å². The topological polar surface area (TPSA) is 41.5 Å². The van der Waals surface area contributed by atoms with Gasteiger partial charge in [-0.3, -0.25) is 0 Å². The van der Waals surface area contributed by atoms with Crippen LogP contribution in [0.4, 0.5) is 13.2 Å². The van der Waals surface area contributed by atoms with Gasteiger partial charge in [-0.15, -0.1) is 0 Å². The third-order valence-electron chi connectivity index (χ3n) is 2.91. The van der Waals surface area contributed by atoms with Gasteiger partial charge in [0.1, 0.15) is 5.60 Å². The molecule has 6 heteroatoms. The van der Waals surface area contributed by atoms with Gasteiger partial charge in [0.05, 0.1) is 6.61 Å². The Balaban J connectivity index is 1.90. The number of hydrogen-bond donors (Lipinski definition) is 2. The molecule has 3 nitrogen and oxygen atoms in total. The van der Waals surface area contributed by atoms with E-state index in [4.69, 9.17) is 4.74 Å². The first-order chi connectivity index (χ1) is 8.50. The zero-order valence-electron chi connectivity index (χ0n) is 9.68. The van der Waals surface area contributed by atoms with Gasteiger partial charge in [-0.25, -0.2) is 13.2 Å². The van der Waals surface area contributed by atoms with Gasteiger partial charge in [0.25, 0.3) is 0 Å². The van der Waals surface area contributed by atoms with E-state index in [-0.39, 0.29) is 25.3 Å². The van der Waals surface area contributed by atoms with Crippen molar-refractivity contribution >= 4 is 0 Å². The van der Waals surface area contributed by atoms with Gasteiger partial charge in [-0.2, -0.15) is 0 Å². The summed E-state index contributed by atoms with van der Waals surface area (Å²) < 4.78 is 43.6. The largest absolute Gasteiger partial charge is 0.386 e. The molecule has 0 aromatic heterocycles. The zero-order chi connectivity index (χ0) is 13.2. The summed E-state index contributed by atoms with van der Waals surface area (Å²) in [4.78, 5) is 0. The van der Waals surface area contributed by atoms with Crippen molar-refractivity contribution in [2.45, 2.75) is 18.6 Å². The summed E-state index contributed by atoms with van der Waals surface area (Å²) >= 11 is 0. The Labute approximate surface area is 103 Å². The molecule has 2 rings (SSSR count). The van der Waals surface area contributed by atoms with E-state index in [1.807, 2.05) is 0 Å². The number of ether oxygens (including phenoxy) is 1. The first kappa shape index (κ1) is 13.3. The minimum Gasteiger partial charge on any atom is -0.386 e. The van der Waals surface area contributed by atoms with Gasteiger partial charge in [0.2, 0.25) is 0 Å². The maximum absolute atomic E-state index is 12.9. The molecule has 1 aromatic rings. The highest BCUT2D eigenvalue weighted by Crippen LogP contribution is 2.17. The standard InChI is InChI=1S/C12H14F3NO2/c13-9-3-8(4-10(14)11(9)15)5-16-6-12(17)1-2-18-7-12/h3-4,16-17H,1-2,5-7H2. The van der Waals surface area contributed by atoms with Crippen LogP contribution in [0, 0.1) is 17.5 Å². The van der Waals surface area contributed by atoms with E-state index >= 15 is 0 Å². The summed E-state index contributed by atoms with van der Waals surface area (Å²) in [5.41, 5.74) is -0.647. The lowest BCUT2D eigenvalue weighted by molar-refractivity contribution is 0.0268. The van der Waals surface area contributed by atoms with Gasteiger partial charge in [0.15, 0.2) is 17.5 Å². The van der Waals surface area contributed by atoms with Crippen LogP contribution in [0.15, 0.2) is 12.1 Å². The molecule has 1 heterocycles. The summed E-state index contributed by atoms with van der Waals surface area (Å²) in [6.07, 6.45) is 0.520. The fourth-order valence-electron chi connectivity index (χ4n) is 1.89. The zero-order valence-corrected chi connectivity index (χ0v) is 9.68. The number of rotatable bonds is 4. The second kappa shape index (κ2) is 5.26. The molecule has 0 amide bonds. The predicted molar refractivity (Wildman–Crippen MR) is 58.4 cm³/mol. The number of aliphatic hydroxyl groups is 1. The molecule has 18 heavy (non-hydrogen) atoms. The molecule has 1 aliphatic rings. The summed E-state index contributed by atoms with van der Waals surface area (Å²) in [5, 5.41) is 12.8. The molecule has 2 N–H and O–H groups in total. The van der Waals surface area contributed by atoms with Crippen LogP contribution in [0.25, 0.3) is 0 Å². The highest BCUT2D eigenvalue weighted by molar-refractivity contribution is 5.19. The lowest BCUT2D eigenvalue weighted by Gasteiger charge is -2.20. The van der Waals surface area contributed by atoms with Crippen LogP contribution < -0.4 is 5.32 Å². The van der Waals surface area contributed by atoms with Crippen molar-refractivity contribution in [2.75, 3.05) is 19.8 Å². The van der Waals surface area contributed by atoms with Crippen molar-refractivity contribution in [1.82, 2.24) is 5.32 Å². The van der Waals surface area contributed by atoms with Crippen LogP contribution in [-0.2, 0) is 11.3 Å². The van der Waals surface area contributed by atoms with E-state index < -0.39 is 23.1 Å². The summed E-state index contributed by atoms with van der Waals surface area (Å²) in [7, 11) is 0. The van der Waals surface area contributed by atoms with Gasteiger partial charge >= 0.3 is 0 Å². The highest BCUT2D eigenvalue weighted by Gasteiger charge is 2.31.